The summed E-state index contributed by atoms with van der Waals surface area (Å²) < 4.78 is 6.03. The Morgan fingerprint density at radius 1 is 0.750 bits per heavy atom. The summed E-state index contributed by atoms with van der Waals surface area (Å²) in [5, 5.41) is 12.1. The number of ether oxygens (including phenoxy) is 1. The number of rotatable bonds is 4. The average Bonchev–Trinajstić information content (AvgIpc) is 3.22. The van der Waals surface area contributed by atoms with Crippen LogP contribution in [-0.2, 0) is 4.79 Å². The van der Waals surface area contributed by atoms with Gasteiger partial charge in [-0.25, -0.2) is 0 Å². The second kappa shape index (κ2) is 9.82. The van der Waals surface area contributed by atoms with E-state index in [4.69, 9.17) is 4.74 Å². The summed E-state index contributed by atoms with van der Waals surface area (Å²) in [4.78, 5) is 15.8. The molecule has 0 spiro atoms. The maximum Gasteiger partial charge on any atom is 0.236 e. The highest BCUT2D eigenvalue weighted by Crippen LogP contribution is 2.44. The molecule has 180 valence electrons. The molecule has 2 aliphatic rings. The number of para-hydroxylation sites is 2. The first kappa shape index (κ1) is 22.3. The van der Waals surface area contributed by atoms with Crippen molar-refractivity contribution in [3.63, 3.8) is 0 Å². The summed E-state index contributed by atoms with van der Waals surface area (Å²) in [6, 6.07) is 27.3. The Balaban J connectivity index is 1.19. The quantitative estimate of drug-likeness (QED) is 0.369. The molecule has 0 radical (unpaired) electrons. The Hall–Kier alpha value is -4.19. The number of hydrogen-bond acceptors (Lipinski definition) is 5. The van der Waals surface area contributed by atoms with Crippen LogP contribution in [0.4, 0.5) is 11.5 Å². The van der Waals surface area contributed by atoms with E-state index in [-0.39, 0.29) is 5.91 Å². The predicted octanol–water partition coefficient (Wildman–Crippen LogP) is 6.40. The number of nitrogens with zero attached hydrogens (tertiary/aromatic N) is 3. The lowest BCUT2D eigenvalue weighted by Gasteiger charge is -2.27. The lowest BCUT2D eigenvalue weighted by atomic mass is 9.87. The minimum atomic E-state index is -0.441. The molecule has 0 unspecified atom stereocenters. The van der Waals surface area contributed by atoms with Crippen LogP contribution in [0.3, 0.4) is 0 Å². The third kappa shape index (κ3) is 4.42. The largest absolute Gasteiger partial charge is 0.457 e. The average molecular weight is 477 g/mol. The summed E-state index contributed by atoms with van der Waals surface area (Å²) >= 11 is 0. The summed E-state index contributed by atoms with van der Waals surface area (Å²) in [5.74, 6) is 1.85. The van der Waals surface area contributed by atoms with E-state index in [0.29, 0.717) is 11.5 Å². The van der Waals surface area contributed by atoms with Gasteiger partial charge >= 0.3 is 0 Å². The monoisotopic (exact) mass is 476 g/mol. The summed E-state index contributed by atoms with van der Waals surface area (Å²) in [5.41, 5.74) is 4.25. The van der Waals surface area contributed by atoms with Crippen LogP contribution in [0.15, 0.2) is 84.9 Å². The van der Waals surface area contributed by atoms with Crippen molar-refractivity contribution in [2.75, 3.05) is 23.3 Å². The Labute approximate surface area is 211 Å². The highest BCUT2D eigenvalue weighted by Gasteiger charge is 2.32. The zero-order chi connectivity index (χ0) is 24.3. The molecule has 2 aliphatic heterocycles. The van der Waals surface area contributed by atoms with Crippen molar-refractivity contribution in [2.24, 2.45) is 0 Å². The fraction of sp³-hybridized carbons (Fsp3) is 0.233. The first-order chi connectivity index (χ1) is 17.8. The minimum Gasteiger partial charge on any atom is -0.457 e. The van der Waals surface area contributed by atoms with Crippen molar-refractivity contribution in [1.29, 1.82) is 0 Å². The normalized spacial score (nSPS) is 15.3. The van der Waals surface area contributed by atoms with Gasteiger partial charge in [-0.1, -0.05) is 61.4 Å². The topological polar surface area (TPSA) is 67.4 Å². The number of carbonyl (C=O) groups is 1. The van der Waals surface area contributed by atoms with E-state index in [9.17, 15) is 4.79 Å². The molecule has 6 rings (SSSR count). The summed E-state index contributed by atoms with van der Waals surface area (Å²) in [6.07, 6.45) is 5.00. The number of carbonyl (C=O) groups excluding carboxylic acids is 1. The highest BCUT2D eigenvalue weighted by molar-refractivity contribution is 5.99. The Morgan fingerprint density at radius 3 is 2.00 bits per heavy atom. The molecular weight excluding hydrogens is 448 g/mol. The Bertz CT molecular complexity index is 1320. The molecule has 6 heteroatoms. The number of fused-ring (bicyclic) bond motifs is 2. The number of amides is 1. The van der Waals surface area contributed by atoms with E-state index in [0.717, 1.165) is 47.0 Å². The van der Waals surface area contributed by atoms with Gasteiger partial charge in [-0.15, -0.1) is 10.2 Å². The number of hydrogen-bond donors (Lipinski definition) is 1. The third-order valence-electron chi connectivity index (χ3n) is 6.97. The van der Waals surface area contributed by atoms with E-state index in [2.05, 4.69) is 26.5 Å². The van der Waals surface area contributed by atoms with E-state index in [1.165, 1.54) is 25.7 Å². The number of benzene rings is 3. The maximum absolute atomic E-state index is 13.5. The maximum atomic E-state index is 13.5. The number of nitrogens with one attached hydrogen (secondary N) is 1. The number of anilines is 2. The van der Waals surface area contributed by atoms with Gasteiger partial charge in [0, 0.05) is 35.5 Å². The van der Waals surface area contributed by atoms with Gasteiger partial charge in [0.2, 0.25) is 5.91 Å². The van der Waals surface area contributed by atoms with Crippen molar-refractivity contribution in [2.45, 2.75) is 31.6 Å². The molecule has 0 saturated carbocycles. The van der Waals surface area contributed by atoms with Crippen molar-refractivity contribution >= 4 is 17.4 Å². The summed E-state index contributed by atoms with van der Waals surface area (Å²) in [7, 11) is 0. The van der Waals surface area contributed by atoms with Gasteiger partial charge in [-0.2, -0.15) is 0 Å². The molecule has 3 heterocycles. The molecule has 4 aromatic rings. The molecule has 3 aromatic carbocycles. The molecule has 1 amide bonds. The van der Waals surface area contributed by atoms with Crippen LogP contribution >= 0.6 is 0 Å². The van der Waals surface area contributed by atoms with Gasteiger partial charge in [0.05, 0.1) is 11.6 Å². The number of aromatic nitrogens is 2. The van der Waals surface area contributed by atoms with E-state index < -0.39 is 5.92 Å². The molecule has 1 fully saturated rings. The second-order valence-electron chi connectivity index (χ2n) is 9.36. The smallest absolute Gasteiger partial charge is 0.236 e. The van der Waals surface area contributed by atoms with Crippen molar-refractivity contribution in [3.8, 4) is 22.8 Å². The zero-order valence-electron chi connectivity index (χ0n) is 20.1. The van der Waals surface area contributed by atoms with Crippen LogP contribution in [0.25, 0.3) is 11.3 Å². The second-order valence-corrected chi connectivity index (χ2v) is 9.36. The van der Waals surface area contributed by atoms with Crippen LogP contribution in [0.1, 0.15) is 42.7 Å². The summed E-state index contributed by atoms with van der Waals surface area (Å²) in [6.45, 7) is 2.09. The predicted molar refractivity (Wildman–Crippen MR) is 142 cm³/mol. The molecular formula is C30H28N4O2. The van der Waals surface area contributed by atoms with Crippen LogP contribution in [-0.4, -0.2) is 29.2 Å². The zero-order valence-corrected chi connectivity index (χ0v) is 20.1. The molecule has 1 N–H and O–H groups in total. The van der Waals surface area contributed by atoms with Gasteiger partial charge in [0.25, 0.3) is 0 Å². The van der Waals surface area contributed by atoms with Gasteiger partial charge in [-0.3, -0.25) is 4.79 Å². The first-order valence-corrected chi connectivity index (χ1v) is 12.6. The lowest BCUT2D eigenvalue weighted by Crippen LogP contribution is -2.25. The van der Waals surface area contributed by atoms with Crippen molar-refractivity contribution in [1.82, 2.24) is 10.2 Å². The van der Waals surface area contributed by atoms with Gasteiger partial charge in [-0.05, 0) is 49.2 Å². The van der Waals surface area contributed by atoms with Gasteiger partial charge < -0.3 is 15.0 Å². The fourth-order valence-corrected chi connectivity index (χ4v) is 5.08. The van der Waals surface area contributed by atoms with Gasteiger partial charge in [0.15, 0.2) is 5.82 Å². The molecule has 0 aliphatic carbocycles. The fourth-order valence-electron chi connectivity index (χ4n) is 5.08. The van der Waals surface area contributed by atoms with Crippen LogP contribution in [0.2, 0.25) is 0 Å². The van der Waals surface area contributed by atoms with E-state index >= 15 is 0 Å². The SMILES string of the molecule is O=C(Nc1ccc(-c2ccc(N3CCCCCC3)nn2)cc1)C1c2ccccc2Oc2ccccc21. The molecule has 6 nitrogen and oxygen atoms in total. The van der Waals surface area contributed by atoms with Crippen LogP contribution < -0.4 is 15.0 Å². The highest BCUT2D eigenvalue weighted by atomic mass is 16.5. The van der Waals surface area contributed by atoms with E-state index in [1.54, 1.807) is 0 Å². The first-order valence-electron chi connectivity index (χ1n) is 12.6. The minimum absolute atomic E-state index is 0.0902. The van der Waals surface area contributed by atoms with Gasteiger partial charge in [0.1, 0.15) is 11.5 Å². The Morgan fingerprint density at radius 2 is 1.39 bits per heavy atom. The molecule has 36 heavy (non-hydrogen) atoms. The Kier molecular flexibility index (Phi) is 6.08. The standard InChI is InChI=1S/C30H28N4O2/c35-30(29-23-9-3-5-11-26(23)36-27-12-6-4-10-24(27)29)31-22-15-13-21(14-16-22)25-17-18-28(33-32-25)34-19-7-1-2-8-20-34/h3-6,9-18,29H,1-2,7-8,19-20H2,(H,31,35). The molecule has 0 atom stereocenters. The van der Waals surface area contributed by atoms with E-state index in [1.807, 2.05) is 78.9 Å². The van der Waals surface area contributed by atoms with Crippen molar-refractivity contribution < 1.29 is 9.53 Å². The van der Waals surface area contributed by atoms with Crippen LogP contribution in [0, 0.1) is 0 Å². The molecule has 1 saturated heterocycles. The van der Waals surface area contributed by atoms with Crippen LogP contribution in [0.5, 0.6) is 11.5 Å². The molecule has 1 aromatic heterocycles. The van der Waals surface area contributed by atoms with Crippen molar-refractivity contribution in [3.05, 3.63) is 96.1 Å². The third-order valence-corrected chi connectivity index (χ3v) is 6.97. The molecule has 0 bridgehead atoms. The lowest BCUT2D eigenvalue weighted by molar-refractivity contribution is -0.116.